The third-order valence-electron chi connectivity index (χ3n) is 5.64. The van der Waals surface area contributed by atoms with Crippen molar-refractivity contribution in [3.8, 4) is 11.3 Å². The highest BCUT2D eigenvalue weighted by Crippen LogP contribution is 2.33. The van der Waals surface area contributed by atoms with Crippen molar-refractivity contribution in [1.29, 1.82) is 0 Å². The van der Waals surface area contributed by atoms with Crippen LogP contribution in [-0.2, 0) is 15.9 Å². The lowest BCUT2D eigenvalue weighted by atomic mass is 10.0. The zero-order valence-corrected chi connectivity index (χ0v) is 20.5. The van der Waals surface area contributed by atoms with Crippen molar-refractivity contribution < 1.29 is 33.0 Å². The maximum absolute atomic E-state index is 15.3. The second kappa shape index (κ2) is 9.73. The molecule has 9 nitrogen and oxygen atoms in total. The van der Waals surface area contributed by atoms with Gasteiger partial charge in [-0.15, -0.1) is 0 Å². The molecule has 1 atom stereocenters. The predicted molar refractivity (Wildman–Crippen MR) is 128 cm³/mol. The Bertz CT molecular complexity index is 1290. The molecule has 2 aromatic heterocycles. The fraction of sp³-hybridized carbons (Fsp3) is 0.400. The molecule has 1 unspecified atom stereocenters. The van der Waals surface area contributed by atoms with E-state index in [2.05, 4.69) is 10.3 Å². The van der Waals surface area contributed by atoms with Crippen molar-refractivity contribution in [2.75, 3.05) is 25.0 Å². The number of imidazole rings is 1. The van der Waals surface area contributed by atoms with Crippen LogP contribution in [0.2, 0.25) is 0 Å². The molecular weight excluding hydrogens is 474 g/mol. The van der Waals surface area contributed by atoms with E-state index in [1.165, 1.54) is 4.90 Å². The topological polar surface area (TPSA) is 105 Å². The molecule has 0 spiro atoms. The summed E-state index contributed by atoms with van der Waals surface area (Å²) in [5, 5.41) is 11.7. The smallest absolute Gasteiger partial charge is 0.412 e. The molecule has 0 radical (unpaired) electrons. The Kier molecular flexibility index (Phi) is 6.85. The fourth-order valence-corrected chi connectivity index (χ4v) is 4.12. The quantitative estimate of drug-likeness (QED) is 0.528. The van der Waals surface area contributed by atoms with Crippen LogP contribution in [0.4, 0.5) is 24.1 Å². The minimum absolute atomic E-state index is 0.0791. The maximum Gasteiger partial charge on any atom is 0.412 e. The summed E-state index contributed by atoms with van der Waals surface area (Å²) in [5.41, 5.74) is 0.726. The first-order chi connectivity index (χ1) is 16.9. The van der Waals surface area contributed by atoms with Crippen LogP contribution < -0.4 is 5.32 Å². The first kappa shape index (κ1) is 25.4. The molecule has 3 heterocycles. The lowest BCUT2D eigenvalue weighted by Crippen LogP contribution is -2.45. The van der Waals surface area contributed by atoms with E-state index < -0.39 is 35.5 Å². The van der Waals surface area contributed by atoms with Crippen molar-refractivity contribution in [2.45, 2.75) is 45.8 Å². The van der Waals surface area contributed by atoms with Crippen LogP contribution in [0.3, 0.4) is 0 Å². The maximum atomic E-state index is 15.3. The lowest BCUT2D eigenvalue weighted by molar-refractivity contribution is -0.0214. The van der Waals surface area contributed by atoms with E-state index in [0.29, 0.717) is 11.3 Å². The summed E-state index contributed by atoms with van der Waals surface area (Å²) < 4.78 is 43.3. The number of aromatic nitrogens is 2. The zero-order chi connectivity index (χ0) is 26.2. The molecule has 0 saturated carbocycles. The van der Waals surface area contributed by atoms with Crippen LogP contribution in [0.5, 0.6) is 0 Å². The first-order valence-electron chi connectivity index (χ1n) is 11.5. The number of hydrogen-bond donors (Lipinski definition) is 2. The molecule has 2 amide bonds. The van der Waals surface area contributed by atoms with E-state index >= 15 is 8.78 Å². The number of fused-ring (bicyclic) bond motifs is 1. The van der Waals surface area contributed by atoms with Crippen LogP contribution in [-0.4, -0.2) is 63.0 Å². The lowest BCUT2D eigenvalue weighted by Gasteiger charge is -2.31. The average molecular weight is 503 g/mol. The number of rotatable bonds is 4. The molecule has 1 aliphatic heterocycles. The van der Waals surface area contributed by atoms with Gasteiger partial charge < -0.3 is 23.9 Å². The van der Waals surface area contributed by atoms with Crippen molar-refractivity contribution >= 4 is 23.5 Å². The van der Waals surface area contributed by atoms with Gasteiger partial charge in [0, 0.05) is 24.8 Å². The molecule has 1 fully saturated rings. The third-order valence-corrected chi connectivity index (χ3v) is 5.64. The van der Waals surface area contributed by atoms with Crippen molar-refractivity contribution in [3.63, 3.8) is 0 Å². The summed E-state index contributed by atoms with van der Waals surface area (Å²) in [6.07, 6.45) is -0.477. The van der Waals surface area contributed by atoms with E-state index in [1.807, 2.05) is 13.0 Å². The van der Waals surface area contributed by atoms with Gasteiger partial charge in [0.05, 0.1) is 36.2 Å². The van der Waals surface area contributed by atoms with Crippen molar-refractivity contribution in [1.82, 2.24) is 14.3 Å². The molecule has 1 aliphatic rings. The first-order valence-corrected chi connectivity index (χ1v) is 11.5. The number of halogens is 2. The molecular formula is C25H28F2N4O5. The molecule has 0 bridgehead atoms. The highest BCUT2D eigenvalue weighted by atomic mass is 19.1. The summed E-state index contributed by atoms with van der Waals surface area (Å²) in [4.78, 5) is 29.2. The van der Waals surface area contributed by atoms with Crippen LogP contribution >= 0.6 is 0 Å². The minimum Gasteiger partial charge on any atom is -0.465 e. The Morgan fingerprint density at radius 3 is 2.58 bits per heavy atom. The number of anilines is 1. The molecule has 11 heteroatoms. The number of carbonyl (C=O) groups excluding carboxylic acids is 1. The Morgan fingerprint density at radius 1 is 1.25 bits per heavy atom. The summed E-state index contributed by atoms with van der Waals surface area (Å²) in [5.74, 6) is -1.83. The van der Waals surface area contributed by atoms with E-state index in [9.17, 15) is 14.7 Å². The Balaban J connectivity index is 1.72. The Morgan fingerprint density at radius 2 is 1.94 bits per heavy atom. The molecule has 2 N–H and O–H groups in total. The van der Waals surface area contributed by atoms with Crippen LogP contribution in [0.25, 0.3) is 16.9 Å². The number of hydrogen-bond acceptors (Lipinski definition) is 5. The van der Waals surface area contributed by atoms with Crippen molar-refractivity contribution in [2.24, 2.45) is 0 Å². The number of aryl methyl sites for hydroxylation is 1. The second-order valence-electron chi connectivity index (χ2n) is 9.71. The number of nitrogens with zero attached hydrogens (tertiary/aromatic N) is 3. The van der Waals surface area contributed by atoms with Crippen molar-refractivity contribution in [3.05, 3.63) is 53.4 Å². The molecule has 1 saturated heterocycles. The van der Waals surface area contributed by atoms with Crippen LogP contribution in [0.15, 0.2) is 30.5 Å². The largest absolute Gasteiger partial charge is 0.465 e. The monoisotopic (exact) mass is 502 g/mol. The normalized spacial score (nSPS) is 16.3. The van der Waals surface area contributed by atoms with Gasteiger partial charge in [0.1, 0.15) is 22.9 Å². The van der Waals surface area contributed by atoms with E-state index in [-0.39, 0.29) is 43.1 Å². The molecule has 3 aromatic rings. The van der Waals surface area contributed by atoms with E-state index in [1.54, 1.807) is 37.4 Å². The number of ether oxygens (including phenoxy) is 2. The van der Waals surface area contributed by atoms with E-state index in [4.69, 9.17) is 9.47 Å². The highest BCUT2D eigenvalue weighted by Gasteiger charge is 2.29. The van der Waals surface area contributed by atoms with Gasteiger partial charge in [0.15, 0.2) is 0 Å². The molecule has 192 valence electrons. The molecule has 36 heavy (non-hydrogen) atoms. The number of carbonyl (C=O) groups is 2. The number of benzene rings is 1. The summed E-state index contributed by atoms with van der Waals surface area (Å²) in [6.45, 7) is 7.49. The SMILES string of the molecule is Cc1ccn2c(CC3CN(C(=O)O)CCO3)c(-c3c(F)cc(NC(=O)OC(C)(C)C)cc3F)nc2c1. The Hall–Kier alpha value is -3.73. The molecule has 0 aliphatic carbocycles. The number of carboxylic acid groups (broad SMARTS) is 1. The molecule has 4 rings (SSSR count). The number of nitrogens with one attached hydrogen (secondary N) is 1. The molecule has 1 aromatic carbocycles. The van der Waals surface area contributed by atoms with Crippen LogP contribution in [0, 0.1) is 18.6 Å². The number of amides is 2. The van der Waals surface area contributed by atoms with Crippen LogP contribution in [0.1, 0.15) is 32.0 Å². The van der Waals surface area contributed by atoms with Gasteiger partial charge in [0.2, 0.25) is 0 Å². The van der Waals surface area contributed by atoms with E-state index in [0.717, 1.165) is 17.7 Å². The third kappa shape index (κ3) is 5.56. The van der Waals surface area contributed by atoms with Gasteiger partial charge >= 0.3 is 12.2 Å². The van der Waals surface area contributed by atoms with Gasteiger partial charge in [0.25, 0.3) is 0 Å². The number of pyridine rings is 1. The summed E-state index contributed by atoms with van der Waals surface area (Å²) in [6, 6.07) is 5.63. The van der Waals surface area contributed by atoms with Gasteiger partial charge in [-0.3, -0.25) is 5.32 Å². The van der Waals surface area contributed by atoms with Gasteiger partial charge in [-0.25, -0.2) is 23.4 Å². The summed E-state index contributed by atoms with van der Waals surface area (Å²) >= 11 is 0. The van der Waals surface area contributed by atoms with Gasteiger partial charge in [-0.2, -0.15) is 0 Å². The highest BCUT2D eigenvalue weighted by molar-refractivity contribution is 5.85. The minimum atomic E-state index is -1.05. The zero-order valence-electron chi connectivity index (χ0n) is 20.5. The second-order valence-corrected chi connectivity index (χ2v) is 9.71. The standard InChI is InChI=1S/C25H28F2N4O5/c1-14-5-6-31-19(12-16-13-30(24(33)34)7-8-35-16)22(29-20(31)9-14)21-17(26)10-15(11-18(21)27)28-23(32)36-25(2,3)4/h5-6,9-11,16H,7-8,12-13H2,1-4H3,(H,28,32)(H,33,34). The Labute approximate surface area is 206 Å². The van der Waals surface area contributed by atoms with Gasteiger partial charge in [-0.1, -0.05) is 0 Å². The number of morpholine rings is 1. The summed E-state index contributed by atoms with van der Waals surface area (Å²) in [7, 11) is 0. The van der Waals surface area contributed by atoms with Gasteiger partial charge in [-0.05, 0) is 57.5 Å². The fourth-order valence-electron chi connectivity index (χ4n) is 4.12. The average Bonchev–Trinajstić information content (AvgIpc) is 3.08. The predicted octanol–water partition coefficient (Wildman–Crippen LogP) is 4.86.